The van der Waals surface area contributed by atoms with Gasteiger partial charge in [0.1, 0.15) is 39.6 Å². The summed E-state index contributed by atoms with van der Waals surface area (Å²) in [4.78, 5) is 83.6. The minimum absolute atomic E-state index is 0.108. The van der Waals surface area contributed by atoms with Crippen LogP contribution < -0.4 is 15.4 Å². The van der Waals surface area contributed by atoms with Crippen LogP contribution in [0.5, 0.6) is 5.75 Å². The van der Waals surface area contributed by atoms with E-state index in [1.54, 1.807) is 119 Å². The molecule has 0 saturated heterocycles. The van der Waals surface area contributed by atoms with E-state index in [1.807, 2.05) is 6.07 Å². The van der Waals surface area contributed by atoms with Crippen LogP contribution in [0.1, 0.15) is 126 Å². The van der Waals surface area contributed by atoms with E-state index in [0.29, 0.717) is 41.1 Å². The quantitative estimate of drug-likeness (QED) is 0.0686. The highest BCUT2D eigenvalue weighted by Crippen LogP contribution is 2.31. The number of aliphatic imine (C=N–C) groups is 1. The Balaban J connectivity index is 1.43. The smallest absolute Gasteiger partial charge is 0.437 e. The van der Waals surface area contributed by atoms with Crippen LogP contribution in [-0.4, -0.2) is 75.8 Å². The summed E-state index contributed by atoms with van der Waals surface area (Å²) in [6.45, 7) is 20.6. The number of rotatable bonds is 9. The van der Waals surface area contributed by atoms with Gasteiger partial charge in [0, 0.05) is 18.2 Å². The van der Waals surface area contributed by atoms with Crippen LogP contribution in [0, 0.1) is 5.92 Å². The van der Waals surface area contributed by atoms with Gasteiger partial charge in [-0.1, -0.05) is 6.07 Å². The monoisotopic (exact) mass is 862 g/mol. The number of alkyl carbamates (subject to hydrolysis) is 1. The van der Waals surface area contributed by atoms with Crippen molar-refractivity contribution in [3.63, 3.8) is 0 Å². The lowest BCUT2D eigenvalue weighted by molar-refractivity contribution is -0.160. The first-order valence-corrected chi connectivity index (χ1v) is 20.8. The minimum Gasteiger partial charge on any atom is -0.459 e. The molecule has 330 valence electrons. The zero-order valence-corrected chi connectivity index (χ0v) is 37.9. The molecule has 61 heavy (non-hydrogen) atoms. The Hall–Kier alpha value is -5.77. The zero-order chi connectivity index (χ0) is 45.5. The summed E-state index contributed by atoms with van der Waals surface area (Å²) in [5, 5.41) is 7.04. The number of nitrogens with zero attached hydrogens (tertiary/aromatic N) is 2. The van der Waals surface area contributed by atoms with Crippen LogP contribution >= 0.6 is 11.3 Å². The summed E-state index contributed by atoms with van der Waals surface area (Å²) >= 11 is 1.22. The van der Waals surface area contributed by atoms with Gasteiger partial charge in [-0.15, -0.1) is 16.3 Å². The fraction of sp³-hybridized carbons (Fsp3) is 0.489. The largest absolute Gasteiger partial charge is 0.459 e. The maximum atomic E-state index is 14.1. The van der Waals surface area contributed by atoms with E-state index < -0.39 is 58.4 Å². The van der Waals surface area contributed by atoms with Crippen LogP contribution in [0.15, 0.2) is 58.9 Å². The summed E-state index contributed by atoms with van der Waals surface area (Å²) in [6.07, 6.45) is -0.346. The molecule has 1 atom stereocenters. The summed E-state index contributed by atoms with van der Waals surface area (Å²) in [7, 11) is 0. The maximum absolute atomic E-state index is 14.1. The molecule has 0 spiro atoms. The molecule has 15 nitrogen and oxygen atoms in total. The lowest BCUT2D eigenvalue weighted by Crippen LogP contribution is -2.42. The third kappa shape index (κ3) is 16.3. The van der Waals surface area contributed by atoms with E-state index in [1.165, 1.54) is 28.4 Å². The summed E-state index contributed by atoms with van der Waals surface area (Å²) in [6, 6.07) is 13.1. The molecule has 0 aliphatic heterocycles. The topological polar surface area (TPSA) is 188 Å². The van der Waals surface area contributed by atoms with Gasteiger partial charge in [0.2, 0.25) is 11.9 Å². The van der Waals surface area contributed by atoms with E-state index in [9.17, 15) is 28.8 Å². The van der Waals surface area contributed by atoms with Gasteiger partial charge in [-0.05, 0) is 167 Å². The summed E-state index contributed by atoms with van der Waals surface area (Å²) in [5.74, 6) is -2.17. The number of hydrogen-bond donors (Lipinski definition) is 2. The van der Waals surface area contributed by atoms with E-state index in [4.69, 9.17) is 23.7 Å². The highest BCUT2D eigenvalue weighted by Gasteiger charge is 2.32. The van der Waals surface area contributed by atoms with Crippen molar-refractivity contribution in [3.05, 3.63) is 81.0 Å². The zero-order valence-electron chi connectivity index (χ0n) is 37.1. The van der Waals surface area contributed by atoms with E-state index >= 15 is 0 Å². The molecular weight excluding hydrogens is 805 g/mol. The first-order chi connectivity index (χ1) is 28.1. The number of thiophene rings is 1. The van der Waals surface area contributed by atoms with Gasteiger partial charge in [-0.3, -0.25) is 14.9 Å². The summed E-state index contributed by atoms with van der Waals surface area (Å²) < 4.78 is 27.3. The molecule has 16 heteroatoms. The average molecular weight is 863 g/mol. The number of nitrogens with one attached hydrogen (secondary N) is 2. The Labute approximate surface area is 361 Å². The molecule has 1 aliphatic rings. The molecule has 1 heterocycles. The molecule has 2 aromatic carbocycles. The molecule has 0 radical (unpaired) electrons. The van der Waals surface area contributed by atoms with Crippen molar-refractivity contribution < 1.29 is 52.5 Å². The lowest BCUT2D eigenvalue weighted by atomic mass is 9.83. The van der Waals surface area contributed by atoms with Gasteiger partial charge >= 0.3 is 30.1 Å². The van der Waals surface area contributed by atoms with Crippen molar-refractivity contribution in [3.8, 4) is 5.75 Å². The number of guanidine groups is 1. The van der Waals surface area contributed by atoms with Crippen LogP contribution in [0.3, 0.4) is 0 Å². The van der Waals surface area contributed by atoms with Crippen molar-refractivity contribution in [2.75, 3.05) is 11.9 Å². The lowest BCUT2D eigenvalue weighted by Gasteiger charge is -2.31. The third-order valence-electron chi connectivity index (χ3n) is 8.24. The molecule has 2 N–H and O–H groups in total. The number of hydrogen-bond acceptors (Lipinski definition) is 12. The number of carbonyl (C=O) groups excluding carboxylic acids is 6. The van der Waals surface area contributed by atoms with Crippen LogP contribution in [0.4, 0.5) is 15.3 Å². The van der Waals surface area contributed by atoms with Crippen molar-refractivity contribution in [2.24, 2.45) is 10.9 Å². The Morgan fingerprint density at radius 1 is 0.738 bits per heavy atom. The highest BCUT2D eigenvalue weighted by atomic mass is 32.1. The number of amides is 3. The van der Waals surface area contributed by atoms with Crippen LogP contribution in [0.2, 0.25) is 0 Å². The Kier molecular flexibility index (Phi) is 15.2. The molecule has 0 bridgehead atoms. The van der Waals surface area contributed by atoms with Crippen LogP contribution in [-0.2, 0) is 47.9 Å². The van der Waals surface area contributed by atoms with Gasteiger partial charge in [0.25, 0.3) is 0 Å². The molecule has 4 rings (SSSR count). The number of esters is 3. The molecule has 3 amide bonds. The molecular formula is C45H58N4O11S. The Bertz CT molecular complexity index is 2130. The standard InChI is InChI=1S/C45H58N4O11S/c1-42(2,3)57-35(50)25-49(24-27-21-34(61-26-27)38(53)58-43(4,5)6)36(51)31-14-13-30-23-33(20-17-29(30)22-31)56-37(52)28-15-18-32(19-16-28)46-39(47-40(54)59-44(7,8)9)48-41(55)60-45(10,11)12/h15-21,23,26,31H,13-14,22,24-25H2,1-12H3,(H2,46,47,48,54,55). The number of anilines is 1. The summed E-state index contributed by atoms with van der Waals surface area (Å²) in [5.41, 5.74) is 0.133. The fourth-order valence-electron chi connectivity index (χ4n) is 5.98. The third-order valence-corrected chi connectivity index (χ3v) is 9.20. The predicted octanol–water partition coefficient (Wildman–Crippen LogP) is 8.63. The normalized spacial score (nSPS) is 14.5. The van der Waals surface area contributed by atoms with Crippen molar-refractivity contribution in [1.29, 1.82) is 0 Å². The first-order valence-electron chi connectivity index (χ1n) is 20.0. The maximum Gasteiger partial charge on any atom is 0.437 e. The Morgan fingerprint density at radius 2 is 1.36 bits per heavy atom. The van der Waals surface area contributed by atoms with Gasteiger partial charge < -0.3 is 33.9 Å². The first kappa shape index (κ1) is 47.9. The number of benzene rings is 2. The second-order valence-electron chi connectivity index (χ2n) is 18.6. The van der Waals surface area contributed by atoms with Gasteiger partial charge in [0.05, 0.1) is 5.56 Å². The molecule has 3 aromatic rings. The molecule has 1 aliphatic carbocycles. The molecule has 0 fully saturated rings. The molecule has 1 aromatic heterocycles. The van der Waals surface area contributed by atoms with Gasteiger partial charge in [-0.2, -0.15) is 0 Å². The van der Waals surface area contributed by atoms with E-state index in [-0.39, 0.29) is 30.5 Å². The van der Waals surface area contributed by atoms with E-state index in [2.05, 4.69) is 15.6 Å². The predicted molar refractivity (Wildman–Crippen MR) is 231 cm³/mol. The number of aryl methyl sites for hydroxylation is 1. The minimum atomic E-state index is -0.941. The molecule has 0 saturated carbocycles. The van der Waals surface area contributed by atoms with Crippen LogP contribution in [0.25, 0.3) is 0 Å². The van der Waals surface area contributed by atoms with E-state index in [0.717, 1.165) is 11.1 Å². The van der Waals surface area contributed by atoms with Gasteiger partial charge in [-0.25, -0.2) is 19.2 Å². The Morgan fingerprint density at radius 3 is 1.97 bits per heavy atom. The van der Waals surface area contributed by atoms with Crippen molar-refractivity contribution in [1.82, 2.24) is 10.2 Å². The van der Waals surface area contributed by atoms with Gasteiger partial charge in [0.15, 0.2) is 0 Å². The number of carbonyl (C=O) groups is 6. The van der Waals surface area contributed by atoms with Crippen molar-refractivity contribution in [2.45, 2.75) is 131 Å². The van der Waals surface area contributed by atoms with Crippen molar-refractivity contribution >= 4 is 59.0 Å². The second-order valence-corrected chi connectivity index (χ2v) is 19.5. The second kappa shape index (κ2) is 19.3. The number of fused-ring (bicyclic) bond motifs is 1. The fourth-order valence-corrected chi connectivity index (χ4v) is 6.75. The SMILES string of the molecule is CC(C)(C)OC(=O)CN(Cc1csc(C(=O)OC(C)(C)C)c1)C(=O)C1CCc2cc(OC(=O)c3ccc(NC(=NC(=O)OC(C)(C)C)NC(=O)OC(C)(C)C)cc3)ccc2C1. The number of ether oxygens (including phenoxy) is 5. The highest BCUT2D eigenvalue weighted by molar-refractivity contribution is 7.12. The molecule has 1 unspecified atom stereocenters. The average Bonchev–Trinajstić information content (AvgIpc) is 3.57.